The van der Waals surface area contributed by atoms with Crippen molar-refractivity contribution in [1.82, 2.24) is 0 Å². The SMILES string of the molecule is COc1ccc(C(=O)O[C@H](C)C(=O)N2CC(=O)Nc3ccccc32)cc1F. The molecule has 2 amide bonds. The lowest BCUT2D eigenvalue weighted by Gasteiger charge is -2.30. The summed E-state index contributed by atoms with van der Waals surface area (Å²) in [5.41, 5.74) is 0.961. The number of nitrogens with zero attached hydrogens (tertiary/aromatic N) is 1. The maximum absolute atomic E-state index is 13.8. The third-order valence-corrected chi connectivity index (χ3v) is 4.06. The second kappa shape index (κ2) is 7.45. The molecule has 1 aliphatic rings. The molecule has 27 heavy (non-hydrogen) atoms. The van der Waals surface area contributed by atoms with E-state index in [1.54, 1.807) is 24.3 Å². The van der Waals surface area contributed by atoms with Crippen molar-refractivity contribution in [2.75, 3.05) is 23.9 Å². The number of benzene rings is 2. The highest BCUT2D eigenvalue weighted by molar-refractivity contribution is 6.11. The molecular weight excluding hydrogens is 355 g/mol. The minimum Gasteiger partial charge on any atom is -0.494 e. The third kappa shape index (κ3) is 3.74. The molecule has 0 radical (unpaired) electrons. The lowest BCUT2D eigenvalue weighted by molar-refractivity contribution is -0.128. The summed E-state index contributed by atoms with van der Waals surface area (Å²) in [5.74, 6) is -2.48. The van der Waals surface area contributed by atoms with E-state index < -0.39 is 23.8 Å². The van der Waals surface area contributed by atoms with Gasteiger partial charge in [0.1, 0.15) is 6.54 Å². The summed E-state index contributed by atoms with van der Waals surface area (Å²) in [5, 5.41) is 2.67. The molecule has 2 aromatic carbocycles. The molecule has 1 aliphatic heterocycles. The Labute approximate surface area is 154 Å². The summed E-state index contributed by atoms with van der Waals surface area (Å²) in [6, 6.07) is 10.4. The number of hydrogen-bond acceptors (Lipinski definition) is 5. The number of carbonyl (C=O) groups is 3. The Morgan fingerprint density at radius 1 is 1.22 bits per heavy atom. The van der Waals surface area contributed by atoms with Crippen LogP contribution >= 0.6 is 0 Å². The van der Waals surface area contributed by atoms with Crippen LogP contribution in [-0.2, 0) is 14.3 Å². The number of fused-ring (bicyclic) bond motifs is 1. The Kier molecular flexibility index (Phi) is 5.07. The number of methoxy groups -OCH3 is 1. The van der Waals surface area contributed by atoms with E-state index in [9.17, 15) is 18.8 Å². The van der Waals surface area contributed by atoms with E-state index in [4.69, 9.17) is 9.47 Å². The lowest BCUT2D eigenvalue weighted by Crippen LogP contribution is -2.47. The number of carbonyl (C=O) groups excluding carboxylic acids is 3. The van der Waals surface area contributed by atoms with Gasteiger partial charge in [-0.3, -0.25) is 14.5 Å². The molecule has 0 aliphatic carbocycles. The zero-order chi connectivity index (χ0) is 19.6. The summed E-state index contributed by atoms with van der Waals surface area (Å²) in [7, 11) is 1.31. The maximum Gasteiger partial charge on any atom is 0.339 e. The normalized spacial score (nSPS) is 14.0. The van der Waals surface area contributed by atoms with Crippen molar-refractivity contribution in [1.29, 1.82) is 0 Å². The Bertz CT molecular complexity index is 915. The summed E-state index contributed by atoms with van der Waals surface area (Å²) >= 11 is 0. The van der Waals surface area contributed by atoms with Gasteiger partial charge in [0.2, 0.25) is 5.91 Å². The molecule has 0 bridgehead atoms. The number of esters is 1. The first-order chi connectivity index (χ1) is 12.9. The predicted octanol–water partition coefficient (Wildman–Crippen LogP) is 2.36. The van der Waals surface area contributed by atoms with E-state index >= 15 is 0 Å². The number of amides is 2. The Hall–Kier alpha value is -3.42. The smallest absolute Gasteiger partial charge is 0.339 e. The Morgan fingerprint density at radius 3 is 2.67 bits per heavy atom. The average molecular weight is 372 g/mol. The molecule has 0 aromatic heterocycles. The van der Waals surface area contributed by atoms with Gasteiger partial charge in [-0.25, -0.2) is 9.18 Å². The summed E-state index contributed by atoms with van der Waals surface area (Å²) in [4.78, 5) is 38.0. The van der Waals surface area contributed by atoms with Crippen LogP contribution in [0.4, 0.5) is 15.8 Å². The molecule has 140 valence electrons. The lowest BCUT2D eigenvalue weighted by atomic mass is 10.1. The van der Waals surface area contributed by atoms with Gasteiger partial charge in [0, 0.05) is 0 Å². The minimum atomic E-state index is -1.17. The average Bonchev–Trinajstić information content (AvgIpc) is 2.66. The second-order valence-corrected chi connectivity index (χ2v) is 5.89. The van der Waals surface area contributed by atoms with E-state index in [1.165, 1.54) is 31.1 Å². The molecule has 0 spiro atoms. The number of para-hydroxylation sites is 2. The molecule has 0 fully saturated rings. The van der Waals surface area contributed by atoms with E-state index in [-0.39, 0.29) is 23.8 Å². The number of anilines is 2. The maximum atomic E-state index is 13.8. The zero-order valence-electron chi connectivity index (χ0n) is 14.7. The van der Waals surface area contributed by atoms with Crippen molar-refractivity contribution in [2.45, 2.75) is 13.0 Å². The van der Waals surface area contributed by atoms with Gasteiger partial charge in [0.25, 0.3) is 5.91 Å². The molecule has 1 N–H and O–H groups in total. The van der Waals surface area contributed by atoms with Crippen LogP contribution in [0.15, 0.2) is 42.5 Å². The van der Waals surface area contributed by atoms with Crippen LogP contribution in [0.3, 0.4) is 0 Å². The number of halogens is 1. The van der Waals surface area contributed by atoms with E-state index in [2.05, 4.69) is 5.32 Å². The van der Waals surface area contributed by atoms with Crippen molar-refractivity contribution in [3.05, 3.63) is 53.8 Å². The van der Waals surface area contributed by atoms with Gasteiger partial charge in [-0.2, -0.15) is 0 Å². The van der Waals surface area contributed by atoms with Gasteiger partial charge >= 0.3 is 5.97 Å². The Morgan fingerprint density at radius 2 is 1.96 bits per heavy atom. The predicted molar refractivity (Wildman–Crippen MR) is 95.3 cm³/mol. The van der Waals surface area contributed by atoms with E-state index in [0.717, 1.165) is 6.07 Å². The third-order valence-electron chi connectivity index (χ3n) is 4.06. The molecule has 0 saturated carbocycles. The highest BCUT2D eigenvalue weighted by Gasteiger charge is 2.31. The van der Waals surface area contributed by atoms with Crippen LogP contribution in [0.5, 0.6) is 5.75 Å². The molecule has 1 heterocycles. The first-order valence-corrected chi connectivity index (χ1v) is 8.15. The highest BCUT2D eigenvalue weighted by atomic mass is 19.1. The van der Waals surface area contributed by atoms with Gasteiger partial charge in [0.05, 0.1) is 24.0 Å². The van der Waals surface area contributed by atoms with E-state index in [0.29, 0.717) is 11.4 Å². The summed E-state index contributed by atoms with van der Waals surface area (Å²) in [6.45, 7) is 1.21. The molecule has 0 saturated heterocycles. The Balaban J connectivity index is 1.75. The summed E-state index contributed by atoms with van der Waals surface area (Å²) in [6.07, 6.45) is -1.17. The van der Waals surface area contributed by atoms with Gasteiger partial charge in [-0.15, -0.1) is 0 Å². The largest absolute Gasteiger partial charge is 0.494 e. The van der Waals surface area contributed by atoms with Crippen LogP contribution in [0, 0.1) is 5.82 Å². The molecule has 2 aromatic rings. The van der Waals surface area contributed by atoms with Crippen LogP contribution < -0.4 is 15.0 Å². The van der Waals surface area contributed by atoms with Crippen molar-refractivity contribution in [2.24, 2.45) is 0 Å². The quantitative estimate of drug-likeness (QED) is 0.833. The van der Waals surface area contributed by atoms with Crippen molar-refractivity contribution >= 4 is 29.2 Å². The van der Waals surface area contributed by atoms with Crippen molar-refractivity contribution < 1.29 is 28.2 Å². The molecular formula is C19H17FN2O5. The fourth-order valence-corrected chi connectivity index (χ4v) is 2.72. The van der Waals surface area contributed by atoms with Crippen LogP contribution in [0.1, 0.15) is 17.3 Å². The molecule has 1 atom stereocenters. The zero-order valence-corrected chi connectivity index (χ0v) is 14.7. The van der Waals surface area contributed by atoms with Crippen LogP contribution in [0.2, 0.25) is 0 Å². The number of rotatable bonds is 4. The first-order valence-electron chi connectivity index (χ1n) is 8.15. The van der Waals surface area contributed by atoms with Gasteiger partial charge in [0.15, 0.2) is 17.7 Å². The number of hydrogen-bond donors (Lipinski definition) is 1. The summed E-state index contributed by atoms with van der Waals surface area (Å²) < 4.78 is 23.7. The van der Waals surface area contributed by atoms with Gasteiger partial charge in [-0.05, 0) is 37.3 Å². The van der Waals surface area contributed by atoms with Crippen molar-refractivity contribution in [3.8, 4) is 5.75 Å². The van der Waals surface area contributed by atoms with Crippen molar-refractivity contribution in [3.63, 3.8) is 0 Å². The standard InChI is InChI=1S/C19H17FN2O5/c1-11(27-19(25)12-7-8-16(26-2)13(20)9-12)18(24)22-10-17(23)21-14-5-3-4-6-15(14)22/h3-9,11H,10H2,1-2H3,(H,21,23)/t11-/m1/s1. The molecule has 7 nitrogen and oxygen atoms in total. The van der Waals surface area contributed by atoms with Gasteiger partial charge < -0.3 is 14.8 Å². The molecule has 8 heteroatoms. The number of nitrogens with one attached hydrogen (secondary N) is 1. The molecule has 0 unspecified atom stereocenters. The topological polar surface area (TPSA) is 84.9 Å². The highest BCUT2D eigenvalue weighted by Crippen LogP contribution is 2.29. The fraction of sp³-hybridized carbons (Fsp3) is 0.211. The van der Waals surface area contributed by atoms with Crippen LogP contribution in [-0.4, -0.2) is 37.5 Å². The van der Waals surface area contributed by atoms with Crippen LogP contribution in [0.25, 0.3) is 0 Å². The first kappa shape index (κ1) is 18.4. The second-order valence-electron chi connectivity index (χ2n) is 5.89. The molecule has 3 rings (SSSR count). The monoisotopic (exact) mass is 372 g/mol. The van der Waals surface area contributed by atoms with Gasteiger partial charge in [-0.1, -0.05) is 12.1 Å². The minimum absolute atomic E-state index is 0.00777. The number of ether oxygens (including phenoxy) is 2. The fourth-order valence-electron chi connectivity index (χ4n) is 2.72. The van der Waals surface area contributed by atoms with E-state index in [1.807, 2.05) is 0 Å².